The van der Waals surface area contributed by atoms with Crippen molar-refractivity contribution in [3.05, 3.63) is 18.0 Å². The summed E-state index contributed by atoms with van der Waals surface area (Å²) < 4.78 is 13.0. The molecule has 1 amide bonds. The molecule has 0 spiro atoms. The molecular formula is C15H23N3O3. The molecule has 2 saturated heterocycles. The lowest BCUT2D eigenvalue weighted by Gasteiger charge is -2.34. The molecule has 1 unspecified atom stereocenters. The molecule has 0 saturated carbocycles. The zero-order valence-corrected chi connectivity index (χ0v) is 12.7. The third kappa shape index (κ3) is 2.96. The predicted octanol–water partition coefficient (Wildman–Crippen LogP) is 1.14. The van der Waals surface area contributed by atoms with E-state index in [0.29, 0.717) is 13.2 Å². The Balaban J connectivity index is 1.71. The number of aromatic nitrogens is 2. The summed E-state index contributed by atoms with van der Waals surface area (Å²) in [6.07, 6.45) is 6.57. The van der Waals surface area contributed by atoms with Gasteiger partial charge in [0, 0.05) is 45.6 Å². The number of carbonyl (C=O) groups excluding carboxylic acids is 1. The van der Waals surface area contributed by atoms with Crippen LogP contribution in [0, 0.1) is 5.92 Å². The predicted molar refractivity (Wildman–Crippen MR) is 76.6 cm³/mol. The molecule has 3 rings (SSSR count). The van der Waals surface area contributed by atoms with E-state index in [1.54, 1.807) is 18.0 Å². The van der Waals surface area contributed by atoms with Gasteiger partial charge >= 0.3 is 0 Å². The molecule has 1 aromatic rings. The van der Waals surface area contributed by atoms with Crippen LogP contribution in [0.15, 0.2) is 12.4 Å². The Morgan fingerprint density at radius 2 is 2.33 bits per heavy atom. The van der Waals surface area contributed by atoms with Crippen molar-refractivity contribution in [1.29, 1.82) is 0 Å². The van der Waals surface area contributed by atoms with E-state index in [2.05, 4.69) is 5.10 Å². The lowest BCUT2D eigenvalue weighted by Crippen LogP contribution is -2.45. The second kappa shape index (κ2) is 6.15. The molecule has 6 heteroatoms. The summed E-state index contributed by atoms with van der Waals surface area (Å²) in [7, 11) is 3.60. The van der Waals surface area contributed by atoms with Gasteiger partial charge in [0.05, 0.1) is 24.3 Å². The molecular weight excluding hydrogens is 270 g/mol. The third-order valence-electron chi connectivity index (χ3n) is 4.49. The number of carbonyl (C=O) groups is 1. The Bertz CT molecular complexity index is 502. The number of likely N-dealkylation sites (tertiary alicyclic amines) is 1. The largest absolute Gasteiger partial charge is 0.380 e. The minimum absolute atomic E-state index is 0.0928. The van der Waals surface area contributed by atoms with Gasteiger partial charge < -0.3 is 14.4 Å². The van der Waals surface area contributed by atoms with E-state index in [1.165, 1.54) is 0 Å². The Morgan fingerprint density at radius 3 is 3.05 bits per heavy atom. The summed E-state index contributed by atoms with van der Waals surface area (Å²) in [5, 5.41) is 4.18. The Hall–Kier alpha value is -1.40. The van der Waals surface area contributed by atoms with E-state index in [-0.39, 0.29) is 24.0 Å². The number of hydrogen-bond donors (Lipinski definition) is 0. The van der Waals surface area contributed by atoms with Crippen molar-refractivity contribution in [2.75, 3.05) is 26.8 Å². The van der Waals surface area contributed by atoms with Crippen LogP contribution in [-0.2, 0) is 21.3 Å². The van der Waals surface area contributed by atoms with E-state index < -0.39 is 0 Å². The van der Waals surface area contributed by atoms with Crippen LogP contribution in [0.1, 0.15) is 30.9 Å². The molecule has 0 N–H and O–H groups in total. The minimum Gasteiger partial charge on any atom is -0.380 e. The van der Waals surface area contributed by atoms with Crippen LogP contribution in [0.5, 0.6) is 0 Å². The fraction of sp³-hybridized carbons (Fsp3) is 0.733. The van der Waals surface area contributed by atoms with Crippen LogP contribution in [0.3, 0.4) is 0 Å². The number of rotatable bonds is 3. The van der Waals surface area contributed by atoms with E-state index in [1.807, 2.05) is 18.1 Å². The second-order valence-electron chi connectivity index (χ2n) is 5.92. The summed E-state index contributed by atoms with van der Waals surface area (Å²) in [5.74, 6) is 0.105. The van der Waals surface area contributed by atoms with Gasteiger partial charge in [-0.05, 0) is 19.3 Å². The van der Waals surface area contributed by atoms with Crippen LogP contribution in [-0.4, -0.2) is 53.5 Å². The normalized spacial score (nSPS) is 29.8. The van der Waals surface area contributed by atoms with Gasteiger partial charge in [0.15, 0.2) is 0 Å². The molecule has 116 valence electrons. The SMILES string of the molecule is COC1CCCN(C(=O)[C@H]2CCO[C@@H]2c2cnn(C)c2)C1. The van der Waals surface area contributed by atoms with Crippen molar-refractivity contribution >= 4 is 5.91 Å². The average Bonchev–Trinajstić information content (AvgIpc) is 3.15. The molecule has 21 heavy (non-hydrogen) atoms. The monoisotopic (exact) mass is 293 g/mol. The topological polar surface area (TPSA) is 56.6 Å². The summed E-state index contributed by atoms with van der Waals surface area (Å²) in [4.78, 5) is 14.8. The molecule has 0 aliphatic carbocycles. The van der Waals surface area contributed by atoms with Crippen LogP contribution < -0.4 is 0 Å². The highest BCUT2D eigenvalue weighted by molar-refractivity contribution is 5.80. The molecule has 0 aromatic carbocycles. The van der Waals surface area contributed by atoms with Gasteiger partial charge in [0.1, 0.15) is 0 Å². The second-order valence-corrected chi connectivity index (χ2v) is 5.92. The molecule has 2 aliphatic heterocycles. The van der Waals surface area contributed by atoms with Crippen LogP contribution in [0.2, 0.25) is 0 Å². The summed E-state index contributed by atoms with van der Waals surface area (Å²) in [6, 6.07) is 0. The van der Waals surface area contributed by atoms with Crippen molar-refractivity contribution < 1.29 is 14.3 Å². The van der Waals surface area contributed by atoms with Crippen LogP contribution in [0.25, 0.3) is 0 Å². The van der Waals surface area contributed by atoms with Crippen molar-refractivity contribution in [1.82, 2.24) is 14.7 Å². The standard InChI is InChI=1S/C15H23N3O3/c1-17-9-11(8-16-17)14-13(5-7-21-14)15(19)18-6-3-4-12(10-18)20-2/h8-9,12-14H,3-7,10H2,1-2H3/t12?,13-,14+/m0/s1. The number of aryl methyl sites for hydroxylation is 1. The van der Waals surface area contributed by atoms with Gasteiger partial charge in [-0.2, -0.15) is 5.10 Å². The molecule has 6 nitrogen and oxygen atoms in total. The smallest absolute Gasteiger partial charge is 0.228 e. The molecule has 3 atom stereocenters. The van der Waals surface area contributed by atoms with E-state index in [0.717, 1.165) is 31.4 Å². The average molecular weight is 293 g/mol. The zero-order chi connectivity index (χ0) is 14.8. The first-order valence-corrected chi connectivity index (χ1v) is 7.60. The van der Waals surface area contributed by atoms with Gasteiger partial charge in [0.25, 0.3) is 0 Å². The maximum absolute atomic E-state index is 12.8. The number of piperidine rings is 1. The minimum atomic E-state index is -0.158. The Labute approximate surface area is 125 Å². The first-order valence-electron chi connectivity index (χ1n) is 7.60. The third-order valence-corrected chi connectivity index (χ3v) is 4.49. The maximum atomic E-state index is 12.8. The summed E-state index contributed by atoms with van der Waals surface area (Å²) in [6.45, 7) is 2.16. The highest BCUT2D eigenvalue weighted by Gasteiger charge is 2.39. The molecule has 0 radical (unpaired) electrons. The molecule has 0 bridgehead atoms. The molecule has 2 fully saturated rings. The maximum Gasteiger partial charge on any atom is 0.228 e. The summed E-state index contributed by atoms with van der Waals surface area (Å²) in [5.41, 5.74) is 0.994. The van der Waals surface area contributed by atoms with E-state index in [4.69, 9.17) is 9.47 Å². The number of amides is 1. The van der Waals surface area contributed by atoms with Crippen LogP contribution in [0.4, 0.5) is 0 Å². The zero-order valence-electron chi connectivity index (χ0n) is 12.7. The van der Waals surface area contributed by atoms with Gasteiger partial charge in [-0.25, -0.2) is 0 Å². The quantitative estimate of drug-likeness (QED) is 0.838. The van der Waals surface area contributed by atoms with Gasteiger partial charge in [-0.1, -0.05) is 0 Å². The fourth-order valence-electron chi connectivity index (χ4n) is 3.32. The number of nitrogens with zero attached hydrogens (tertiary/aromatic N) is 3. The first-order chi connectivity index (χ1) is 10.2. The number of ether oxygens (including phenoxy) is 2. The van der Waals surface area contributed by atoms with Crippen LogP contribution >= 0.6 is 0 Å². The number of hydrogen-bond acceptors (Lipinski definition) is 4. The highest BCUT2D eigenvalue weighted by atomic mass is 16.5. The van der Waals surface area contributed by atoms with Crippen molar-refractivity contribution in [2.24, 2.45) is 13.0 Å². The number of methoxy groups -OCH3 is 1. The molecule has 2 aliphatic rings. The van der Waals surface area contributed by atoms with Crippen molar-refractivity contribution in [2.45, 2.75) is 31.5 Å². The first kappa shape index (κ1) is 14.5. The van der Waals surface area contributed by atoms with Crippen molar-refractivity contribution in [3.8, 4) is 0 Å². The fourth-order valence-corrected chi connectivity index (χ4v) is 3.32. The van der Waals surface area contributed by atoms with Crippen molar-refractivity contribution in [3.63, 3.8) is 0 Å². The Kier molecular flexibility index (Phi) is 4.26. The lowest BCUT2D eigenvalue weighted by atomic mass is 9.94. The highest BCUT2D eigenvalue weighted by Crippen LogP contribution is 2.36. The van der Waals surface area contributed by atoms with E-state index >= 15 is 0 Å². The van der Waals surface area contributed by atoms with Gasteiger partial charge in [0.2, 0.25) is 5.91 Å². The Morgan fingerprint density at radius 1 is 1.48 bits per heavy atom. The lowest BCUT2D eigenvalue weighted by molar-refractivity contribution is -0.141. The summed E-state index contributed by atoms with van der Waals surface area (Å²) >= 11 is 0. The molecule has 1 aromatic heterocycles. The van der Waals surface area contributed by atoms with E-state index in [9.17, 15) is 4.79 Å². The van der Waals surface area contributed by atoms with Gasteiger partial charge in [-0.3, -0.25) is 9.48 Å². The molecule has 3 heterocycles. The van der Waals surface area contributed by atoms with Gasteiger partial charge in [-0.15, -0.1) is 0 Å².